The zero-order valence-corrected chi connectivity index (χ0v) is 8.85. The van der Waals surface area contributed by atoms with Crippen LogP contribution in [0.1, 0.15) is 47.0 Å². The zero-order chi connectivity index (χ0) is 10.5. The van der Waals surface area contributed by atoms with Crippen LogP contribution in [0.2, 0.25) is 0 Å². The van der Waals surface area contributed by atoms with E-state index >= 15 is 0 Å². The van der Waals surface area contributed by atoms with E-state index in [1.54, 1.807) is 20.8 Å². The van der Waals surface area contributed by atoms with E-state index in [2.05, 4.69) is 0 Å². The molecule has 3 nitrogen and oxygen atoms in total. The van der Waals surface area contributed by atoms with Crippen LogP contribution in [0.3, 0.4) is 0 Å². The summed E-state index contributed by atoms with van der Waals surface area (Å²) >= 11 is 0. The molecule has 0 fully saturated rings. The first kappa shape index (κ1) is 12.1. The summed E-state index contributed by atoms with van der Waals surface area (Å²) in [7, 11) is 0. The summed E-state index contributed by atoms with van der Waals surface area (Å²) in [4.78, 5) is 22.1. The number of ketones is 1. The van der Waals surface area contributed by atoms with Gasteiger partial charge in [-0.25, -0.2) is 0 Å². The molecule has 76 valence electrons. The van der Waals surface area contributed by atoms with Gasteiger partial charge in [-0.2, -0.15) is 0 Å². The second-order valence-electron chi connectivity index (χ2n) is 4.05. The first-order valence-corrected chi connectivity index (χ1v) is 4.58. The van der Waals surface area contributed by atoms with Gasteiger partial charge >= 0.3 is 5.97 Å². The predicted octanol–water partition coefficient (Wildman–Crippen LogP) is 2.09. The highest BCUT2D eigenvalue weighted by Crippen LogP contribution is 2.08. The fourth-order valence-corrected chi connectivity index (χ4v) is 0.906. The molecule has 0 heterocycles. The average molecular weight is 186 g/mol. The lowest BCUT2D eigenvalue weighted by atomic mass is 10.1. The van der Waals surface area contributed by atoms with Gasteiger partial charge < -0.3 is 4.74 Å². The number of hydrogen-bond donors (Lipinski definition) is 0. The molecule has 0 N–H and O–H groups in total. The van der Waals surface area contributed by atoms with Crippen molar-refractivity contribution in [1.29, 1.82) is 0 Å². The van der Waals surface area contributed by atoms with Crippen LogP contribution in [0, 0.1) is 0 Å². The molecule has 0 aromatic heterocycles. The van der Waals surface area contributed by atoms with E-state index in [1.165, 1.54) is 0 Å². The SMILES string of the molecule is CCCC(=O)CC(=O)OC(C)(C)C. The minimum absolute atomic E-state index is 0.0447. The van der Waals surface area contributed by atoms with Crippen LogP contribution < -0.4 is 0 Å². The Morgan fingerprint density at radius 3 is 2.15 bits per heavy atom. The summed E-state index contributed by atoms with van der Waals surface area (Å²) in [5.74, 6) is -0.470. The van der Waals surface area contributed by atoms with Crippen LogP contribution >= 0.6 is 0 Å². The Hall–Kier alpha value is -0.860. The van der Waals surface area contributed by atoms with E-state index in [0.717, 1.165) is 6.42 Å². The average Bonchev–Trinajstić information content (AvgIpc) is 1.81. The van der Waals surface area contributed by atoms with E-state index in [0.29, 0.717) is 6.42 Å². The first-order valence-electron chi connectivity index (χ1n) is 4.58. The molecule has 0 radical (unpaired) electrons. The van der Waals surface area contributed by atoms with Crippen molar-refractivity contribution >= 4 is 11.8 Å². The number of carbonyl (C=O) groups is 2. The van der Waals surface area contributed by atoms with Crippen LogP contribution in [0.4, 0.5) is 0 Å². The second kappa shape index (κ2) is 5.00. The Balaban J connectivity index is 3.82. The summed E-state index contributed by atoms with van der Waals surface area (Å²) in [6.07, 6.45) is 1.14. The van der Waals surface area contributed by atoms with E-state index in [1.807, 2.05) is 6.92 Å². The molecule has 0 aliphatic carbocycles. The molecule has 3 heteroatoms. The molecule has 0 saturated heterocycles. The maximum absolute atomic E-state index is 11.1. The van der Waals surface area contributed by atoms with Gasteiger partial charge in [0.05, 0.1) is 0 Å². The predicted molar refractivity (Wildman–Crippen MR) is 50.4 cm³/mol. The van der Waals surface area contributed by atoms with Crippen LogP contribution in [-0.4, -0.2) is 17.4 Å². The van der Waals surface area contributed by atoms with E-state index in [-0.39, 0.29) is 12.2 Å². The lowest BCUT2D eigenvalue weighted by Gasteiger charge is -2.19. The summed E-state index contributed by atoms with van der Waals surface area (Å²) < 4.78 is 4.99. The van der Waals surface area contributed by atoms with Crippen LogP contribution in [0.15, 0.2) is 0 Å². The molecular formula is C10H18O3. The second-order valence-corrected chi connectivity index (χ2v) is 4.05. The molecular weight excluding hydrogens is 168 g/mol. The molecule has 0 bridgehead atoms. The molecule has 0 aliphatic rings. The van der Waals surface area contributed by atoms with E-state index in [4.69, 9.17) is 4.74 Å². The van der Waals surface area contributed by atoms with Gasteiger partial charge in [-0.3, -0.25) is 9.59 Å². The van der Waals surface area contributed by atoms with Gasteiger partial charge in [0, 0.05) is 6.42 Å². The van der Waals surface area contributed by atoms with Crippen molar-refractivity contribution in [1.82, 2.24) is 0 Å². The fraction of sp³-hybridized carbons (Fsp3) is 0.800. The maximum atomic E-state index is 11.1. The first-order chi connectivity index (χ1) is 5.85. The molecule has 0 aromatic rings. The summed E-state index contributed by atoms with van der Waals surface area (Å²) in [6.45, 7) is 7.27. The summed E-state index contributed by atoms with van der Waals surface area (Å²) in [6, 6.07) is 0. The van der Waals surface area contributed by atoms with Crippen LogP contribution in [0.25, 0.3) is 0 Å². The third-order valence-corrected chi connectivity index (χ3v) is 1.29. The summed E-state index contributed by atoms with van der Waals surface area (Å²) in [5, 5.41) is 0. The smallest absolute Gasteiger partial charge is 0.313 e. The third kappa shape index (κ3) is 7.50. The van der Waals surface area contributed by atoms with Gasteiger partial charge in [-0.1, -0.05) is 6.92 Å². The van der Waals surface area contributed by atoms with Crippen molar-refractivity contribution in [2.75, 3.05) is 0 Å². The lowest BCUT2D eigenvalue weighted by molar-refractivity contribution is -0.156. The molecule has 13 heavy (non-hydrogen) atoms. The Morgan fingerprint density at radius 2 is 1.77 bits per heavy atom. The molecule has 0 amide bonds. The fourth-order valence-electron chi connectivity index (χ4n) is 0.906. The molecule has 0 atom stereocenters. The Labute approximate surface area is 79.5 Å². The number of rotatable bonds is 4. The number of hydrogen-bond acceptors (Lipinski definition) is 3. The third-order valence-electron chi connectivity index (χ3n) is 1.29. The van der Waals surface area contributed by atoms with E-state index < -0.39 is 11.6 Å². The highest BCUT2D eigenvalue weighted by atomic mass is 16.6. The van der Waals surface area contributed by atoms with Crippen molar-refractivity contribution < 1.29 is 14.3 Å². The van der Waals surface area contributed by atoms with Crippen molar-refractivity contribution in [3.05, 3.63) is 0 Å². The number of ether oxygens (including phenoxy) is 1. The molecule has 0 aromatic carbocycles. The molecule has 0 rings (SSSR count). The van der Waals surface area contributed by atoms with Gasteiger partial charge in [0.1, 0.15) is 17.8 Å². The number of Topliss-reactive ketones (excluding diaryl/α,β-unsaturated/α-hetero) is 1. The van der Waals surface area contributed by atoms with Crippen LogP contribution in [0.5, 0.6) is 0 Å². The largest absolute Gasteiger partial charge is 0.460 e. The number of carbonyl (C=O) groups excluding carboxylic acids is 2. The van der Waals surface area contributed by atoms with Gasteiger partial charge in [-0.05, 0) is 27.2 Å². The van der Waals surface area contributed by atoms with E-state index in [9.17, 15) is 9.59 Å². The Morgan fingerprint density at radius 1 is 1.23 bits per heavy atom. The normalized spacial score (nSPS) is 11.1. The van der Waals surface area contributed by atoms with Gasteiger partial charge in [-0.15, -0.1) is 0 Å². The van der Waals surface area contributed by atoms with Gasteiger partial charge in [0.15, 0.2) is 0 Å². The standard InChI is InChI=1S/C10H18O3/c1-5-6-8(11)7-9(12)13-10(2,3)4/h5-7H2,1-4H3. The molecule has 0 aliphatic heterocycles. The quantitative estimate of drug-likeness (QED) is 0.498. The topological polar surface area (TPSA) is 43.4 Å². The van der Waals surface area contributed by atoms with Crippen molar-refractivity contribution in [3.8, 4) is 0 Å². The lowest BCUT2D eigenvalue weighted by Crippen LogP contribution is -2.25. The zero-order valence-electron chi connectivity index (χ0n) is 8.85. The highest BCUT2D eigenvalue weighted by molar-refractivity contribution is 5.95. The van der Waals surface area contributed by atoms with Crippen molar-refractivity contribution in [2.24, 2.45) is 0 Å². The minimum atomic E-state index is -0.496. The Kier molecular flexibility index (Phi) is 4.67. The van der Waals surface area contributed by atoms with Gasteiger partial charge in [0.25, 0.3) is 0 Å². The minimum Gasteiger partial charge on any atom is -0.460 e. The maximum Gasteiger partial charge on any atom is 0.313 e. The monoisotopic (exact) mass is 186 g/mol. The van der Waals surface area contributed by atoms with Crippen molar-refractivity contribution in [3.63, 3.8) is 0 Å². The van der Waals surface area contributed by atoms with Crippen LogP contribution in [-0.2, 0) is 14.3 Å². The highest BCUT2D eigenvalue weighted by Gasteiger charge is 2.18. The summed E-state index contributed by atoms with van der Waals surface area (Å²) in [5.41, 5.74) is -0.496. The Bertz CT molecular complexity index is 189. The van der Waals surface area contributed by atoms with Gasteiger partial charge in [0.2, 0.25) is 0 Å². The molecule has 0 saturated carbocycles. The number of esters is 1. The molecule has 0 spiro atoms. The molecule has 0 unspecified atom stereocenters. The van der Waals surface area contributed by atoms with Crippen molar-refractivity contribution in [2.45, 2.75) is 52.6 Å².